The lowest BCUT2D eigenvalue weighted by Gasteiger charge is -1.90. The zero-order valence-electron chi connectivity index (χ0n) is 6.87. The van der Waals surface area contributed by atoms with E-state index in [2.05, 4.69) is 4.99 Å². The monoisotopic (exact) mass is 179 g/mol. The van der Waals surface area contributed by atoms with Crippen LogP contribution in [0.4, 0.5) is 0 Å². The number of hydrogen-bond donors (Lipinski definition) is 0. The van der Waals surface area contributed by atoms with Crippen molar-refractivity contribution in [3.8, 4) is 0 Å². The highest BCUT2D eigenvalue weighted by atomic mass is 35.5. The number of hydrogen-bond acceptors (Lipinski definition) is 1. The van der Waals surface area contributed by atoms with E-state index in [1.54, 1.807) is 12.4 Å². The van der Waals surface area contributed by atoms with Gasteiger partial charge < -0.3 is 0 Å². The van der Waals surface area contributed by atoms with E-state index in [0.29, 0.717) is 0 Å². The van der Waals surface area contributed by atoms with Gasteiger partial charge in [-0.1, -0.05) is 29.8 Å². The summed E-state index contributed by atoms with van der Waals surface area (Å²) in [6, 6.07) is 7.54. The Kier molecular flexibility index (Phi) is 3.55. The van der Waals surface area contributed by atoms with Crippen molar-refractivity contribution in [1.82, 2.24) is 0 Å². The molecule has 1 nitrogen and oxygen atoms in total. The van der Waals surface area contributed by atoms with Gasteiger partial charge in [0.2, 0.25) is 0 Å². The Bertz CT molecular complexity index is 285. The molecule has 2 heteroatoms. The number of nitrogens with zero attached hydrogens (tertiary/aromatic N) is 1. The standard InChI is InChI=1S/C10H10ClN/c1-2-7-12-8-9-3-5-10(11)6-4-9/h2-8H,1H3. The van der Waals surface area contributed by atoms with Gasteiger partial charge in [0.05, 0.1) is 0 Å². The zero-order chi connectivity index (χ0) is 8.81. The molecule has 1 rings (SSSR count). The summed E-state index contributed by atoms with van der Waals surface area (Å²) in [7, 11) is 0. The fourth-order valence-corrected chi connectivity index (χ4v) is 0.890. The molecule has 0 heterocycles. The van der Waals surface area contributed by atoms with Crippen LogP contribution in [0.3, 0.4) is 0 Å². The van der Waals surface area contributed by atoms with E-state index in [0.717, 1.165) is 10.6 Å². The summed E-state index contributed by atoms with van der Waals surface area (Å²) in [5.74, 6) is 0. The number of allylic oxidation sites excluding steroid dienone is 1. The molecular weight excluding hydrogens is 170 g/mol. The van der Waals surface area contributed by atoms with Crippen LogP contribution in [-0.4, -0.2) is 6.21 Å². The van der Waals surface area contributed by atoms with Gasteiger partial charge in [-0.2, -0.15) is 0 Å². The maximum atomic E-state index is 5.71. The van der Waals surface area contributed by atoms with Crippen LogP contribution in [-0.2, 0) is 0 Å². The topological polar surface area (TPSA) is 12.4 Å². The van der Waals surface area contributed by atoms with Crippen molar-refractivity contribution in [3.05, 3.63) is 47.1 Å². The van der Waals surface area contributed by atoms with Crippen molar-refractivity contribution >= 4 is 17.8 Å². The third-order valence-corrected chi connectivity index (χ3v) is 1.58. The molecular formula is C10H10ClN. The molecule has 0 spiro atoms. The van der Waals surface area contributed by atoms with Crippen molar-refractivity contribution in [1.29, 1.82) is 0 Å². The lowest BCUT2D eigenvalue weighted by atomic mass is 10.2. The van der Waals surface area contributed by atoms with Gasteiger partial charge in [-0.3, -0.25) is 4.99 Å². The number of rotatable bonds is 2. The highest BCUT2D eigenvalue weighted by molar-refractivity contribution is 6.30. The van der Waals surface area contributed by atoms with Gasteiger partial charge in [0.15, 0.2) is 0 Å². The van der Waals surface area contributed by atoms with E-state index in [4.69, 9.17) is 11.6 Å². The van der Waals surface area contributed by atoms with E-state index in [-0.39, 0.29) is 0 Å². The normalized spacial score (nSPS) is 11.5. The van der Waals surface area contributed by atoms with Crippen LogP contribution < -0.4 is 0 Å². The van der Waals surface area contributed by atoms with Gasteiger partial charge in [0.1, 0.15) is 0 Å². The SMILES string of the molecule is CC=CN=Cc1ccc(Cl)cc1. The van der Waals surface area contributed by atoms with E-state index < -0.39 is 0 Å². The molecule has 0 aliphatic carbocycles. The minimum absolute atomic E-state index is 0.748. The summed E-state index contributed by atoms with van der Waals surface area (Å²) >= 11 is 5.71. The average Bonchev–Trinajstić information content (AvgIpc) is 2.09. The highest BCUT2D eigenvalue weighted by Gasteiger charge is 1.86. The maximum absolute atomic E-state index is 5.71. The van der Waals surface area contributed by atoms with Crippen LogP contribution in [0.2, 0.25) is 5.02 Å². The second-order valence-corrected chi connectivity index (χ2v) is 2.75. The van der Waals surface area contributed by atoms with Crippen molar-refractivity contribution < 1.29 is 0 Å². The second kappa shape index (κ2) is 4.73. The largest absolute Gasteiger partial charge is 0.264 e. The summed E-state index contributed by atoms with van der Waals surface area (Å²) < 4.78 is 0. The van der Waals surface area contributed by atoms with Gasteiger partial charge in [-0.25, -0.2) is 0 Å². The first-order valence-electron chi connectivity index (χ1n) is 3.73. The quantitative estimate of drug-likeness (QED) is 0.618. The predicted octanol–water partition coefficient (Wildman–Crippen LogP) is 3.29. The molecule has 0 aromatic heterocycles. The van der Waals surface area contributed by atoms with Gasteiger partial charge in [0, 0.05) is 17.4 Å². The molecule has 1 aromatic carbocycles. The van der Waals surface area contributed by atoms with Crippen molar-refractivity contribution in [2.75, 3.05) is 0 Å². The Labute approximate surface area is 77.4 Å². The fraction of sp³-hybridized carbons (Fsp3) is 0.100. The van der Waals surface area contributed by atoms with Crippen molar-refractivity contribution in [2.45, 2.75) is 6.92 Å². The van der Waals surface area contributed by atoms with Gasteiger partial charge >= 0.3 is 0 Å². The molecule has 0 N–H and O–H groups in total. The Hall–Kier alpha value is -1.08. The van der Waals surface area contributed by atoms with Crippen molar-refractivity contribution in [2.24, 2.45) is 4.99 Å². The van der Waals surface area contributed by atoms with Crippen LogP contribution in [0.1, 0.15) is 12.5 Å². The Morgan fingerprint density at radius 1 is 1.25 bits per heavy atom. The minimum atomic E-state index is 0.748. The van der Waals surface area contributed by atoms with Crippen LogP contribution in [0.15, 0.2) is 41.5 Å². The molecule has 0 radical (unpaired) electrons. The lowest BCUT2D eigenvalue weighted by molar-refractivity contribution is 1.53. The van der Waals surface area contributed by atoms with Crippen LogP contribution >= 0.6 is 11.6 Å². The molecule has 0 aliphatic heterocycles. The minimum Gasteiger partial charge on any atom is -0.264 e. The molecule has 0 aliphatic rings. The smallest absolute Gasteiger partial charge is 0.0406 e. The number of benzene rings is 1. The first-order valence-corrected chi connectivity index (χ1v) is 4.10. The zero-order valence-corrected chi connectivity index (χ0v) is 7.62. The lowest BCUT2D eigenvalue weighted by Crippen LogP contribution is -1.77. The average molecular weight is 180 g/mol. The third-order valence-electron chi connectivity index (χ3n) is 1.33. The summed E-state index contributed by atoms with van der Waals surface area (Å²) in [5.41, 5.74) is 1.05. The Balaban J connectivity index is 2.70. The molecule has 62 valence electrons. The summed E-state index contributed by atoms with van der Waals surface area (Å²) in [4.78, 5) is 4.04. The molecule has 1 aromatic rings. The van der Waals surface area contributed by atoms with Crippen LogP contribution in [0.5, 0.6) is 0 Å². The van der Waals surface area contributed by atoms with E-state index in [1.807, 2.05) is 37.3 Å². The van der Waals surface area contributed by atoms with E-state index in [1.165, 1.54) is 0 Å². The summed E-state index contributed by atoms with van der Waals surface area (Å²) in [5, 5.41) is 0.748. The summed E-state index contributed by atoms with van der Waals surface area (Å²) in [6.45, 7) is 1.93. The molecule has 0 fully saturated rings. The highest BCUT2D eigenvalue weighted by Crippen LogP contribution is 2.07. The fourth-order valence-electron chi connectivity index (χ4n) is 0.764. The van der Waals surface area contributed by atoms with Gasteiger partial charge in [0.25, 0.3) is 0 Å². The molecule has 0 unspecified atom stereocenters. The molecule has 0 amide bonds. The van der Waals surface area contributed by atoms with Crippen LogP contribution in [0, 0.1) is 0 Å². The van der Waals surface area contributed by atoms with E-state index in [9.17, 15) is 0 Å². The Morgan fingerprint density at radius 2 is 1.92 bits per heavy atom. The van der Waals surface area contributed by atoms with E-state index >= 15 is 0 Å². The molecule has 0 bridgehead atoms. The molecule has 0 saturated heterocycles. The van der Waals surface area contributed by atoms with Crippen LogP contribution in [0.25, 0.3) is 0 Å². The maximum Gasteiger partial charge on any atom is 0.0406 e. The van der Waals surface area contributed by atoms with Gasteiger partial charge in [-0.05, 0) is 24.6 Å². The number of halogens is 1. The second-order valence-electron chi connectivity index (χ2n) is 2.31. The van der Waals surface area contributed by atoms with Crippen molar-refractivity contribution in [3.63, 3.8) is 0 Å². The molecule has 0 atom stereocenters. The molecule has 12 heavy (non-hydrogen) atoms. The third kappa shape index (κ3) is 2.89. The van der Waals surface area contributed by atoms with Gasteiger partial charge in [-0.15, -0.1) is 0 Å². The number of aliphatic imine (C=N–C) groups is 1. The first kappa shape index (κ1) is 9.01. The first-order chi connectivity index (χ1) is 5.83. The molecule has 0 saturated carbocycles. The Morgan fingerprint density at radius 3 is 2.50 bits per heavy atom. The predicted molar refractivity (Wildman–Crippen MR) is 53.9 cm³/mol. The summed E-state index contributed by atoms with van der Waals surface area (Å²) in [6.07, 6.45) is 5.41.